The third kappa shape index (κ3) is 3.45. The number of methoxy groups -OCH3 is 2. The molecule has 3 aromatic rings. The summed E-state index contributed by atoms with van der Waals surface area (Å²) in [6.07, 6.45) is 4.12. The number of fused-ring (bicyclic) bond motifs is 2. The molecule has 5 rings (SSSR count). The molecule has 7 heteroatoms. The van der Waals surface area contributed by atoms with E-state index in [9.17, 15) is 5.11 Å². The van der Waals surface area contributed by atoms with E-state index >= 15 is 0 Å². The van der Waals surface area contributed by atoms with Crippen LogP contribution in [-0.2, 0) is 6.54 Å². The molecule has 0 fully saturated rings. The van der Waals surface area contributed by atoms with Crippen LogP contribution in [0.3, 0.4) is 0 Å². The molecule has 0 unspecified atom stereocenters. The average Bonchev–Trinajstić information content (AvgIpc) is 3.45. The summed E-state index contributed by atoms with van der Waals surface area (Å²) < 4.78 is 22.3. The van der Waals surface area contributed by atoms with Crippen LogP contribution in [0.25, 0.3) is 22.2 Å². The van der Waals surface area contributed by atoms with Crippen LogP contribution >= 0.6 is 0 Å². The van der Waals surface area contributed by atoms with Crippen molar-refractivity contribution in [3.05, 3.63) is 54.1 Å². The number of benzene rings is 2. The van der Waals surface area contributed by atoms with Crippen molar-refractivity contribution in [1.29, 1.82) is 0 Å². The van der Waals surface area contributed by atoms with Crippen molar-refractivity contribution in [3.8, 4) is 34.3 Å². The van der Waals surface area contributed by atoms with Crippen LogP contribution in [0.1, 0.15) is 5.56 Å². The summed E-state index contributed by atoms with van der Waals surface area (Å²) in [6.45, 7) is 1.70. The normalized spacial score (nSPS) is 17.5. The molecule has 2 aliphatic heterocycles. The molecule has 2 aliphatic rings. The lowest BCUT2D eigenvalue weighted by molar-refractivity contribution is 0.169. The van der Waals surface area contributed by atoms with Crippen molar-refractivity contribution in [2.45, 2.75) is 12.6 Å². The number of para-hydroxylation sites is 1. The standard InChI is InChI=1S/C24H24N2O5/c1-28-20-7-3-6-18(24(20)29-2)23-16(12-26-8-4-5-17(26)13-27)9-15-10-21-22(31-14-30-21)11-19(15)25-23/h3-7,9-11,17,27H,8,12-14H2,1-2H3/t17-/m0/s1. The molecule has 1 N–H and O–H groups in total. The minimum Gasteiger partial charge on any atom is -0.493 e. The molecule has 0 aliphatic carbocycles. The van der Waals surface area contributed by atoms with Gasteiger partial charge in [-0.2, -0.15) is 0 Å². The number of hydrogen-bond acceptors (Lipinski definition) is 7. The molecule has 0 bridgehead atoms. The fourth-order valence-corrected chi connectivity index (χ4v) is 4.22. The number of rotatable bonds is 6. The van der Waals surface area contributed by atoms with Gasteiger partial charge in [0.15, 0.2) is 23.0 Å². The Morgan fingerprint density at radius 1 is 1.13 bits per heavy atom. The van der Waals surface area contributed by atoms with Gasteiger partial charge in [-0.05, 0) is 29.8 Å². The molecular weight excluding hydrogens is 396 g/mol. The Bertz CT molecular complexity index is 1160. The van der Waals surface area contributed by atoms with Crippen LogP contribution in [-0.4, -0.2) is 55.2 Å². The first-order chi connectivity index (χ1) is 15.2. The van der Waals surface area contributed by atoms with E-state index in [1.807, 2.05) is 36.4 Å². The fraction of sp³-hybridized carbons (Fsp3) is 0.292. The van der Waals surface area contributed by atoms with Gasteiger partial charge < -0.3 is 24.1 Å². The molecule has 0 spiro atoms. The van der Waals surface area contributed by atoms with Gasteiger partial charge in [0.25, 0.3) is 0 Å². The number of aliphatic hydroxyl groups excluding tert-OH is 1. The lowest BCUT2D eigenvalue weighted by Gasteiger charge is -2.24. The van der Waals surface area contributed by atoms with E-state index in [0.717, 1.165) is 40.0 Å². The highest BCUT2D eigenvalue weighted by atomic mass is 16.7. The number of aromatic nitrogens is 1. The molecule has 0 saturated carbocycles. The van der Waals surface area contributed by atoms with Gasteiger partial charge in [0.2, 0.25) is 6.79 Å². The number of aliphatic hydroxyl groups is 1. The Balaban J connectivity index is 1.69. The molecule has 0 radical (unpaired) electrons. The maximum absolute atomic E-state index is 9.75. The minimum atomic E-state index is -0.00694. The molecule has 1 atom stereocenters. The average molecular weight is 420 g/mol. The van der Waals surface area contributed by atoms with Crippen molar-refractivity contribution in [2.24, 2.45) is 0 Å². The lowest BCUT2D eigenvalue weighted by atomic mass is 10.0. The van der Waals surface area contributed by atoms with Gasteiger partial charge in [0.1, 0.15) is 0 Å². The number of pyridine rings is 1. The van der Waals surface area contributed by atoms with Crippen molar-refractivity contribution in [3.63, 3.8) is 0 Å². The van der Waals surface area contributed by atoms with Crippen LogP contribution in [0.5, 0.6) is 23.0 Å². The van der Waals surface area contributed by atoms with Crippen molar-refractivity contribution in [2.75, 3.05) is 34.2 Å². The monoisotopic (exact) mass is 420 g/mol. The van der Waals surface area contributed by atoms with Gasteiger partial charge in [0, 0.05) is 30.1 Å². The number of nitrogens with zero attached hydrogens (tertiary/aromatic N) is 2. The second kappa shape index (κ2) is 8.09. The zero-order valence-corrected chi connectivity index (χ0v) is 17.5. The summed E-state index contributed by atoms with van der Waals surface area (Å²) in [4.78, 5) is 7.23. The minimum absolute atomic E-state index is 0.00694. The first kappa shape index (κ1) is 19.7. The fourth-order valence-electron chi connectivity index (χ4n) is 4.22. The lowest BCUT2D eigenvalue weighted by Crippen LogP contribution is -2.32. The van der Waals surface area contributed by atoms with Crippen LogP contribution in [0.15, 0.2) is 48.6 Å². The smallest absolute Gasteiger partial charge is 0.231 e. The quantitative estimate of drug-likeness (QED) is 0.613. The molecule has 31 heavy (non-hydrogen) atoms. The summed E-state index contributed by atoms with van der Waals surface area (Å²) in [5.41, 5.74) is 3.50. The molecule has 2 aromatic carbocycles. The highest BCUT2D eigenvalue weighted by Crippen LogP contribution is 2.41. The summed E-state index contributed by atoms with van der Waals surface area (Å²) >= 11 is 0. The first-order valence-corrected chi connectivity index (χ1v) is 10.2. The first-order valence-electron chi connectivity index (χ1n) is 10.2. The highest BCUT2D eigenvalue weighted by Gasteiger charge is 2.24. The zero-order valence-electron chi connectivity index (χ0n) is 17.5. The Morgan fingerprint density at radius 3 is 2.74 bits per heavy atom. The predicted molar refractivity (Wildman–Crippen MR) is 117 cm³/mol. The van der Waals surface area contributed by atoms with Crippen molar-refractivity contribution >= 4 is 10.9 Å². The largest absolute Gasteiger partial charge is 0.493 e. The molecule has 7 nitrogen and oxygen atoms in total. The predicted octanol–water partition coefficient (Wildman–Crippen LogP) is 3.38. The van der Waals surface area contributed by atoms with Gasteiger partial charge in [0.05, 0.1) is 38.1 Å². The molecule has 160 valence electrons. The SMILES string of the molecule is COc1cccc(-c2nc3cc4c(cc3cc2CN2CC=C[C@H]2CO)OCO4)c1OC. The van der Waals surface area contributed by atoms with E-state index in [4.69, 9.17) is 23.9 Å². The maximum Gasteiger partial charge on any atom is 0.231 e. The van der Waals surface area contributed by atoms with Crippen LogP contribution in [0, 0.1) is 0 Å². The zero-order chi connectivity index (χ0) is 21.4. The third-order valence-electron chi connectivity index (χ3n) is 5.77. The Hall–Kier alpha value is -3.29. The van der Waals surface area contributed by atoms with E-state index in [1.165, 1.54) is 0 Å². The molecule has 0 amide bonds. The Labute approximate surface area is 180 Å². The summed E-state index contributed by atoms with van der Waals surface area (Å²) in [7, 11) is 3.26. The highest BCUT2D eigenvalue weighted by molar-refractivity contribution is 5.88. The van der Waals surface area contributed by atoms with E-state index in [-0.39, 0.29) is 19.4 Å². The van der Waals surface area contributed by atoms with Gasteiger partial charge in [-0.3, -0.25) is 4.90 Å². The van der Waals surface area contributed by atoms with E-state index in [1.54, 1.807) is 14.2 Å². The third-order valence-corrected chi connectivity index (χ3v) is 5.77. The summed E-state index contributed by atoms with van der Waals surface area (Å²) in [6, 6.07) is 11.8. The van der Waals surface area contributed by atoms with Gasteiger partial charge >= 0.3 is 0 Å². The molecule has 3 heterocycles. The Morgan fingerprint density at radius 2 is 1.97 bits per heavy atom. The second-order valence-electron chi connectivity index (χ2n) is 7.54. The van der Waals surface area contributed by atoms with Gasteiger partial charge in [-0.25, -0.2) is 4.98 Å². The van der Waals surface area contributed by atoms with Crippen molar-refractivity contribution in [1.82, 2.24) is 9.88 Å². The van der Waals surface area contributed by atoms with Crippen LogP contribution in [0.2, 0.25) is 0 Å². The van der Waals surface area contributed by atoms with E-state index in [0.29, 0.717) is 23.8 Å². The molecule has 0 saturated heterocycles. The summed E-state index contributed by atoms with van der Waals surface area (Å²) in [5, 5.41) is 10.7. The molecular formula is C24H24N2O5. The van der Waals surface area contributed by atoms with Crippen LogP contribution < -0.4 is 18.9 Å². The van der Waals surface area contributed by atoms with E-state index < -0.39 is 0 Å². The van der Waals surface area contributed by atoms with Gasteiger partial charge in [-0.1, -0.05) is 18.2 Å². The van der Waals surface area contributed by atoms with E-state index in [2.05, 4.69) is 17.0 Å². The summed E-state index contributed by atoms with van der Waals surface area (Å²) in [5.74, 6) is 2.70. The second-order valence-corrected chi connectivity index (χ2v) is 7.54. The maximum atomic E-state index is 9.75. The number of ether oxygens (including phenoxy) is 4. The Kier molecular flexibility index (Phi) is 5.13. The van der Waals surface area contributed by atoms with Crippen molar-refractivity contribution < 1.29 is 24.1 Å². The topological polar surface area (TPSA) is 73.3 Å². The molecule has 1 aromatic heterocycles. The number of hydrogen-bond donors (Lipinski definition) is 1. The van der Waals surface area contributed by atoms with Gasteiger partial charge in [-0.15, -0.1) is 0 Å². The van der Waals surface area contributed by atoms with Crippen LogP contribution in [0.4, 0.5) is 0 Å².